The Labute approximate surface area is 206 Å². The molecule has 2 aromatic heterocycles. The van der Waals surface area contributed by atoms with Crippen LogP contribution in [0.2, 0.25) is 0 Å². The number of ether oxygens (including phenoxy) is 1. The number of carbonyl (C=O) groups is 2. The molecule has 2 aromatic carbocycles. The van der Waals surface area contributed by atoms with Gasteiger partial charge in [0.1, 0.15) is 23.1 Å². The third-order valence-corrected chi connectivity index (χ3v) is 5.31. The molecular weight excluding hydrogens is 497 g/mol. The molecular formula is C24H17F3N4O4S. The van der Waals surface area contributed by atoms with Gasteiger partial charge in [0, 0.05) is 37.1 Å². The highest BCUT2D eigenvalue weighted by molar-refractivity contribution is 7.98. The van der Waals surface area contributed by atoms with Gasteiger partial charge in [-0.2, -0.15) is 4.98 Å². The number of carbonyl (C=O) groups excluding carboxylic acids is 2. The van der Waals surface area contributed by atoms with Crippen molar-refractivity contribution in [1.82, 2.24) is 15.3 Å². The van der Waals surface area contributed by atoms with E-state index in [9.17, 15) is 22.8 Å². The number of nitrogens with zero attached hydrogens (tertiary/aromatic N) is 2. The minimum atomic E-state index is -0.934. The van der Waals surface area contributed by atoms with Crippen molar-refractivity contribution >= 4 is 29.3 Å². The molecule has 4 aromatic rings. The molecule has 2 heterocycles. The lowest BCUT2D eigenvalue weighted by molar-refractivity contribution is 0.0957. The average molecular weight is 514 g/mol. The zero-order valence-electron chi connectivity index (χ0n) is 18.8. The van der Waals surface area contributed by atoms with Crippen molar-refractivity contribution < 1.29 is 31.9 Å². The first-order chi connectivity index (χ1) is 17.3. The van der Waals surface area contributed by atoms with E-state index in [0.717, 1.165) is 30.0 Å². The summed E-state index contributed by atoms with van der Waals surface area (Å²) in [4.78, 5) is 32.6. The van der Waals surface area contributed by atoms with Crippen LogP contribution in [0.15, 0.2) is 64.4 Å². The molecule has 0 aliphatic carbocycles. The van der Waals surface area contributed by atoms with Gasteiger partial charge in [-0.3, -0.25) is 14.6 Å². The number of anilines is 1. The number of hydrogen-bond acceptors (Lipinski definition) is 7. The van der Waals surface area contributed by atoms with Gasteiger partial charge in [-0.1, -0.05) is 11.8 Å². The summed E-state index contributed by atoms with van der Waals surface area (Å²) in [6.45, 7) is 0. The predicted molar refractivity (Wildman–Crippen MR) is 126 cm³/mol. The molecule has 0 radical (unpaired) electrons. The van der Waals surface area contributed by atoms with Crippen LogP contribution in [0.3, 0.4) is 0 Å². The second kappa shape index (κ2) is 10.5. The van der Waals surface area contributed by atoms with E-state index in [1.807, 2.05) is 0 Å². The standard InChI is InChI=1S/C24H17F3N4O4S/c1-28-22(32)18-11-14(7-8-29-18)34-19-6-4-13(10-17(19)27)30-23(33)20-21(35-24(31-20)36-2)15-5-3-12(25)9-16(15)26/h3-11H,1-2H3,(H,28,32)(H,30,33). The maximum atomic E-state index is 14.7. The number of halogens is 3. The molecule has 0 aliphatic rings. The van der Waals surface area contributed by atoms with Gasteiger partial charge in [-0.05, 0) is 36.6 Å². The van der Waals surface area contributed by atoms with Gasteiger partial charge in [-0.15, -0.1) is 0 Å². The molecule has 0 bridgehead atoms. The summed E-state index contributed by atoms with van der Waals surface area (Å²) in [6.07, 6.45) is 2.99. The van der Waals surface area contributed by atoms with Crippen LogP contribution in [0.5, 0.6) is 11.5 Å². The van der Waals surface area contributed by atoms with E-state index in [4.69, 9.17) is 9.15 Å². The van der Waals surface area contributed by atoms with Crippen LogP contribution in [-0.4, -0.2) is 35.1 Å². The summed E-state index contributed by atoms with van der Waals surface area (Å²) >= 11 is 1.08. The maximum Gasteiger partial charge on any atom is 0.278 e. The highest BCUT2D eigenvalue weighted by Gasteiger charge is 2.24. The Hall–Kier alpha value is -4.32. The van der Waals surface area contributed by atoms with Crippen molar-refractivity contribution in [3.63, 3.8) is 0 Å². The number of rotatable bonds is 7. The van der Waals surface area contributed by atoms with Crippen molar-refractivity contribution in [3.8, 4) is 22.8 Å². The smallest absolute Gasteiger partial charge is 0.278 e. The first-order valence-corrected chi connectivity index (χ1v) is 11.5. The number of benzene rings is 2. The van der Waals surface area contributed by atoms with Gasteiger partial charge in [0.2, 0.25) is 0 Å². The van der Waals surface area contributed by atoms with Crippen molar-refractivity contribution in [1.29, 1.82) is 0 Å². The van der Waals surface area contributed by atoms with Crippen LogP contribution in [0.4, 0.5) is 18.9 Å². The molecule has 2 amide bonds. The molecule has 0 fully saturated rings. The summed E-state index contributed by atoms with van der Waals surface area (Å²) in [7, 11) is 1.45. The lowest BCUT2D eigenvalue weighted by Gasteiger charge is -2.10. The zero-order chi connectivity index (χ0) is 25.8. The second-order valence-corrected chi connectivity index (χ2v) is 7.90. The number of thioether (sulfide) groups is 1. The van der Waals surface area contributed by atoms with Crippen LogP contribution < -0.4 is 15.4 Å². The van der Waals surface area contributed by atoms with Crippen molar-refractivity contribution in [3.05, 3.63) is 83.6 Å². The third kappa shape index (κ3) is 5.33. The quantitative estimate of drug-likeness (QED) is 0.323. The van der Waals surface area contributed by atoms with E-state index >= 15 is 0 Å². The maximum absolute atomic E-state index is 14.7. The molecule has 0 spiro atoms. The molecule has 36 heavy (non-hydrogen) atoms. The molecule has 0 saturated carbocycles. The monoisotopic (exact) mass is 514 g/mol. The molecule has 0 aliphatic heterocycles. The Morgan fingerprint density at radius 1 is 1.00 bits per heavy atom. The van der Waals surface area contributed by atoms with Crippen LogP contribution in [0, 0.1) is 17.5 Å². The SMILES string of the molecule is CNC(=O)c1cc(Oc2ccc(NC(=O)c3nc(SC)oc3-c3ccc(F)cc3F)cc2F)ccn1. The highest BCUT2D eigenvalue weighted by atomic mass is 32.2. The van der Waals surface area contributed by atoms with E-state index in [1.165, 1.54) is 37.5 Å². The zero-order valence-corrected chi connectivity index (χ0v) is 19.6. The molecule has 4 rings (SSSR count). The number of hydrogen-bond donors (Lipinski definition) is 2. The Kier molecular flexibility index (Phi) is 7.25. The first kappa shape index (κ1) is 24.8. The Bertz CT molecular complexity index is 1460. The molecule has 8 nitrogen and oxygen atoms in total. The fraction of sp³-hybridized carbons (Fsp3) is 0.0833. The van der Waals surface area contributed by atoms with Gasteiger partial charge in [-0.25, -0.2) is 13.2 Å². The van der Waals surface area contributed by atoms with Gasteiger partial charge in [0.25, 0.3) is 17.0 Å². The Morgan fingerprint density at radius 3 is 2.50 bits per heavy atom. The van der Waals surface area contributed by atoms with E-state index in [0.29, 0.717) is 6.07 Å². The Balaban J connectivity index is 1.56. The molecule has 0 unspecified atom stereocenters. The van der Waals surface area contributed by atoms with Gasteiger partial charge in [0.15, 0.2) is 23.0 Å². The molecule has 12 heteroatoms. The Morgan fingerprint density at radius 2 is 1.81 bits per heavy atom. The average Bonchev–Trinajstić information content (AvgIpc) is 3.30. The lowest BCUT2D eigenvalue weighted by atomic mass is 10.1. The summed E-state index contributed by atoms with van der Waals surface area (Å²) in [5.41, 5.74) is -0.267. The van der Waals surface area contributed by atoms with Crippen LogP contribution in [0.1, 0.15) is 21.0 Å². The number of nitrogens with one attached hydrogen (secondary N) is 2. The van der Waals surface area contributed by atoms with E-state index in [-0.39, 0.29) is 45.1 Å². The fourth-order valence-corrected chi connectivity index (χ4v) is 3.45. The number of oxazole rings is 1. The molecule has 0 atom stereocenters. The van der Waals surface area contributed by atoms with Gasteiger partial charge >= 0.3 is 0 Å². The van der Waals surface area contributed by atoms with Crippen LogP contribution in [-0.2, 0) is 0 Å². The topological polar surface area (TPSA) is 106 Å². The van der Waals surface area contributed by atoms with Crippen molar-refractivity contribution in [2.45, 2.75) is 5.22 Å². The second-order valence-electron chi connectivity index (χ2n) is 7.14. The lowest BCUT2D eigenvalue weighted by Crippen LogP contribution is -2.18. The van der Waals surface area contributed by atoms with E-state index < -0.39 is 29.3 Å². The van der Waals surface area contributed by atoms with E-state index in [2.05, 4.69) is 20.6 Å². The van der Waals surface area contributed by atoms with Crippen LogP contribution >= 0.6 is 11.8 Å². The summed E-state index contributed by atoms with van der Waals surface area (Å²) in [6, 6.07) is 9.28. The number of pyridine rings is 1. The minimum Gasteiger partial charge on any atom is -0.454 e. The summed E-state index contributed by atoms with van der Waals surface area (Å²) < 4.78 is 53.3. The number of amides is 2. The van der Waals surface area contributed by atoms with Gasteiger partial charge in [0.05, 0.1) is 5.56 Å². The van der Waals surface area contributed by atoms with Crippen LogP contribution in [0.25, 0.3) is 11.3 Å². The van der Waals surface area contributed by atoms with E-state index in [1.54, 1.807) is 6.26 Å². The van der Waals surface area contributed by atoms with Gasteiger partial charge < -0.3 is 19.8 Å². The summed E-state index contributed by atoms with van der Waals surface area (Å²) in [5, 5.41) is 4.99. The van der Waals surface area contributed by atoms with Crippen molar-refractivity contribution in [2.75, 3.05) is 18.6 Å². The largest absolute Gasteiger partial charge is 0.454 e. The molecule has 2 N–H and O–H groups in total. The first-order valence-electron chi connectivity index (χ1n) is 10.3. The summed E-state index contributed by atoms with van der Waals surface area (Å²) in [5.74, 6) is -3.94. The molecule has 184 valence electrons. The van der Waals surface area contributed by atoms with Crippen molar-refractivity contribution in [2.24, 2.45) is 0 Å². The highest BCUT2D eigenvalue weighted by Crippen LogP contribution is 2.32. The molecule has 0 saturated heterocycles. The predicted octanol–water partition coefficient (Wildman–Crippen LogP) is 5.28. The normalized spacial score (nSPS) is 10.7. The number of aromatic nitrogens is 2. The third-order valence-electron chi connectivity index (χ3n) is 4.78. The minimum absolute atomic E-state index is 0.0601. The fourth-order valence-electron chi connectivity index (χ4n) is 3.10.